The van der Waals surface area contributed by atoms with Gasteiger partial charge in [-0.25, -0.2) is 4.98 Å². The summed E-state index contributed by atoms with van der Waals surface area (Å²) in [6, 6.07) is 7.56. The maximum absolute atomic E-state index is 12.8. The fourth-order valence-corrected chi connectivity index (χ4v) is 3.77. The summed E-state index contributed by atoms with van der Waals surface area (Å²) in [4.78, 5) is 33.8. The van der Waals surface area contributed by atoms with Gasteiger partial charge in [0, 0.05) is 32.4 Å². The van der Waals surface area contributed by atoms with Crippen LogP contribution in [-0.4, -0.2) is 59.4 Å². The summed E-state index contributed by atoms with van der Waals surface area (Å²) in [6.45, 7) is 2.09. The van der Waals surface area contributed by atoms with Crippen LogP contribution in [-0.2, 0) is 6.18 Å². The van der Waals surface area contributed by atoms with Crippen LogP contribution < -0.4 is 4.90 Å². The number of fused-ring (bicyclic) bond motifs is 1. The molecule has 2 aliphatic heterocycles. The Kier molecular flexibility index (Phi) is 4.95. The summed E-state index contributed by atoms with van der Waals surface area (Å²) in [6.07, 6.45) is -3.73. The molecule has 29 heavy (non-hydrogen) atoms. The summed E-state index contributed by atoms with van der Waals surface area (Å²) in [5, 5.41) is -0.0615. The van der Waals surface area contributed by atoms with Gasteiger partial charge in [-0.05, 0) is 18.2 Å². The smallest absolute Gasteiger partial charge is 0.353 e. The third-order valence-electron chi connectivity index (χ3n) is 5.04. The number of anilines is 1. The highest BCUT2D eigenvalue weighted by Gasteiger charge is 2.37. The molecule has 3 heterocycles. The Bertz CT molecular complexity index is 939. The van der Waals surface area contributed by atoms with Crippen LogP contribution in [0.15, 0.2) is 36.5 Å². The largest absolute Gasteiger partial charge is 0.417 e. The molecule has 0 unspecified atom stereocenters. The number of hydrogen-bond acceptors (Lipinski definition) is 5. The molecule has 1 aromatic carbocycles. The molecule has 0 atom stereocenters. The second kappa shape index (κ2) is 7.31. The predicted octanol–water partition coefficient (Wildman–Crippen LogP) is 3.13. The second-order valence-corrected chi connectivity index (χ2v) is 7.26. The number of rotatable bonds is 3. The van der Waals surface area contributed by atoms with Gasteiger partial charge in [0.2, 0.25) is 0 Å². The molecule has 0 bridgehead atoms. The van der Waals surface area contributed by atoms with Crippen molar-refractivity contribution in [3.8, 4) is 0 Å². The Balaban J connectivity index is 1.40. The van der Waals surface area contributed by atoms with Crippen molar-refractivity contribution in [2.75, 3.05) is 37.7 Å². The van der Waals surface area contributed by atoms with Gasteiger partial charge in [0.25, 0.3) is 11.8 Å². The zero-order valence-electron chi connectivity index (χ0n) is 15.1. The molecule has 1 fully saturated rings. The number of carbonyl (C=O) groups is 2. The number of halogens is 4. The van der Waals surface area contributed by atoms with Crippen LogP contribution in [0.2, 0.25) is 5.02 Å². The van der Waals surface area contributed by atoms with E-state index in [9.17, 15) is 22.8 Å². The summed E-state index contributed by atoms with van der Waals surface area (Å²) in [5.74, 6) is -0.346. The first kappa shape index (κ1) is 19.7. The molecule has 6 nitrogen and oxygen atoms in total. The number of nitrogens with zero attached hydrogens (tertiary/aromatic N) is 4. The van der Waals surface area contributed by atoms with E-state index >= 15 is 0 Å². The van der Waals surface area contributed by atoms with E-state index in [2.05, 4.69) is 4.98 Å². The fraction of sp³-hybridized carbons (Fsp3) is 0.316. The maximum Gasteiger partial charge on any atom is 0.417 e. The van der Waals surface area contributed by atoms with Crippen LogP contribution >= 0.6 is 11.6 Å². The highest BCUT2D eigenvalue weighted by molar-refractivity contribution is 6.33. The average molecular weight is 425 g/mol. The fourth-order valence-electron chi connectivity index (χ4n) is 3.49. The number of hydrogen-bond donors (Lipinski definition) is 0. The van der Waals surface area contributed by atoms with Crippen molar-refractivity contribution in [1.29, 1.82) is 0 Å². The Morgan fingerprint density at radius 2 is 1.59 bits per heavy atom. The van der Waals surface area contributed by atoms with Gasteiger partial charge in [0.1, 0.15) is 5.82 Å². The summed E-state index contributed by atoms with van der Waals surface area (Å²) in [5.41, 5.74) is -0.0933. The molecule has 0 radical (unpaired) electrons. The summed E-state index contributed by atoms with van der Waals surface area (Å²) < 4.78 is 38.3. The van der Waals surface area contributed by atoms with Crippen LogP contribution in [0.3, 0.4) is 0 Å². The summed E-state index contributed by atoms with van der Waals surface area (Å²) in [7, 11) is 0. The first-order valence-corrected chi connectivity index (χ1v) is 9.29. The van der Waals surface area contributed by atoms with Crippen molar-refractivity contribution in [3.63, 3.8) is 0 Å². The van der Waals surface area contributed by atoms with Crippen molar-refractivity contribution in [1.82, 2.24) is 14.8 Å². The monoisotopic (exact) mass is 424 g/mol. The van der Waals surface area contributed by atoms with Crippen LogP contribution in [0, 0.1) is 0 Å². The van der Waals surface area contributed by atoms with Gasteiger partial charge in [-0.3, -0.25) is 19.4 Å². The number of piperazine rings is 1. The standard InChI is InChI=1S/C19H16ClF3N4O2/c20-15-9-12(19(21,22)23)10-24-16(15)26-7-5-25(6-8-26)11-27-17(28)13-3-1-2-4-14(13)18(27)29/h1-4,9-10H,5-8,11H2. The highest BCUT2D eigenvalue weighted by Crippen LogP contribution is 2.33. The minimum Gasteiger partial charge on any atom is -0.353 e. The van der Waals surface area contributed by atoms with Gasteiger partial charge in [0.15, 0.2) is 0 Å². The minimum atomic E-state index is -4.50. The van der Waals surface area contributed by atoms with Crippen molar-refractivity contribution < 1.29 is 22.8 Å². The third-order valence-corrected chi connectivity index (χ3v) is 5.32. The molecule has 1 saturated heterocycles. The molecule has 2 aromatic rings. The summed E-state index contributed by atoms with van der Waals surface area (Å²) >= 11 is 6.02. The molecule has 2 aliphatic rings. The van der Waals surface area contributed by atoms with Crippen molar-refractivity contribution in [2.45, 2.75) is 6.18 Å². The normalized spacial score (nSPS) is 17.8. The van der Waals surface area contributed by atoms with E-state index in [4.69, 9.17) is 11.6 Å². The van der Waals surface area contributed by atoms with E-state index in [0.717, 1.165) is 12.3 Å². The van der Waals surface area contributed by atoms with Crippen molar-refractivity contribution >= 4 is 29.2 Å². The van der Waals surface area contributed by atoms with E-state index in [1.807, 2.05) is 4.90 Å². The number of pyridine rings is 1. The molecule has 4 rings (SSSR count). The van der Waals surface area contributed by atoms with Crippen molar-refractivity contribution in [3.05, 3.63) is 58.2 Å². The first-order valence-electron chi connectivity index (χ1n) is 8.91. The molecule has 0 aliphatic carbocycles. The lowest BCUT2D eigenvalue weighted by molar-refractivity contribution is -0.137. The quantitative estimate of drug-likeness (QED) is 0.709. The van der Waals surface area contributed by atoms with E-state index in [1.54, 1.807) is 29.2 Å². The number of imide groups is 1. The molecule has 2 amide bonds. The molecule has 152 valence electrons. The van der Waals surface area contributed by atoms with E-state index in [0.29, 0.717) is 43.1 Å². The van der Waals surface area contributed by atoms with Crippen LogP contribution in [0.5, 0.6) is 0 Å². The number of aromatic nitrogens is 1. The molecule has 0 spiro atoms. The van der Waals surface area contributed by atoms with Gasteiger partial charge in [-0.15, -0.1) is 0 Å². The molecule has 0 N–H and O–H groups in total. The Morgan fingerprint density at radius 1 is 1.00 bits per heavy atom. The molecule has 1 aromatic heterocycles. The average Bonchev–Trinajstić information content (AvgIpc) is 2.93. The number of alkyl halides is 3. The number of benzene rings is 1. The van der Waals surface area contributed by atoms with E-state index in [-0.39, 0.29) is 23.5 Å². The Morgan fingerprint density at radius 3 is 2.10 bits per heavy atom. The van der Waals surface area contributed by atoms with Gasteiger partial charge >= 0.3 is 6.18 Å². The zero-order valence-corrected chi connectivity index (χ0v) is 15.9. The first-order chi connectivity index (χ1) is 13.8. The van der Waals surface area contributed by atoms with Gasteiger partial charge < -0.3 is 4.90 Å². The predicted molar refractivity (Wildman–Crippen MR) is 99.8 cm³/mol. The third kappa shape index (κ3) is 3.67. The van der Waals surface area contributed by atoms with E-state index in [1.165, 1.54) is 4.90 Å². The lowest BCUT2D eigenvalue weighted by Gasteiger charge is -2.37. The van der Waals surface area contributed by atoms with Crippen LogP contribution in [0.1, 0.15) is 26.3 Å². The van der Waals surface area contributed by atoms with Gasteiger partial charge in [-0.1, -0.05) is 23.7 Å². The lowest BCUT2D eigenvalue weighted by Crippen LogP contribution is -2.51. The molecule has 0 saturated carbocycles. The number of amides is 2. The van der Waals surface area contributed by atoms with Gasteiger partial charge in [-0.2, -0.15) is 13.2 Å². The van der Waals surface area contributed by atoms with Crippen molar-refractivity contribution in [2.24, 2.45) is 0 Å². The van der Waals surface area contributed by atoms with Crippen LogP contribution in [0.25, 0.3) is 0 Å². The Labute approximate surface area is 169 Å². The lowest BCUT2D eigenvalue weighted by atomic mass is 10.1. The van der Waals surface area contributed by atoms with E-state index < -0.39 is 11.7 Å². The van der Waals surface area contributed by atoms with Gasteiger partial charge in [0.05, 0.1) is 28.4 Å². The molecular formula is C19H16ClF3N4O2. The minimum absolute atomic E-state index is 0.0615. The maximum atomic E-state index is 12.8. The Hall–Kier alpha value is -2.65. The SMILES string of the molecule is O=C1c2ccccc2C(=O)N1CN1CCN(c2ncc(C(F)(F)F)cc2Cl)CC1. The zero-order chi connectivity index (χ0) is 20.8. The van der Waals surface area contributed by atoms with Crippen LogP contribution in [0.4, 0.5) is 19.0 Å². The number of carbonyl (C=O) groups excluding carboxylic acids is 2. The second-order valence-electron chi connectivity index (χ2n) is 6.86. The topological polar surface area (TPSA) is 56.8 Å². The molecule has 10 heteroatoms. The highest BCUT2D eigenvalue weighted by atomic mass is 35.5. The molecular weight excluding hydrogens is 409 g/mol.